The summed E-state index contributed by atoms with van der Waals surface area (Å²) in [7, 11) is 1.46. The summed E-state index contributed by atoms with van der Waals surface area (Å²) in [5, 5.41) is 21.6. The molecule has 2 heterocycles. The topological polar surface area (TPSA) is 123 Å². The second-order valence-electron chi connectivity index (χ2n) is 8.34. The van der Waals surface area contributed by atoms with Gasteiger partial charge in [-0.25, -0.2) is 0 Å². The highest BCUT2D eigenvalue weighted by Crippen LogP contribution is 2.35. The molecule has 0 bridgehead atoms. The lowest BCUT2D eigenvalue weighted by Crippen LogP contribution is -2.37. The third kappa shape index (κ3) is 4.38. The van der Waals surface area contributed by atoms with E-state index in [4.69, 9.17) is 4.74 Å². The quantitative estimate of drug-likeness (QED) is 0.747. The number of hydrogen-bond donors (Lipinski definition) is 2. The number of fused-ring (bicyclic) bond motifs is 1. The van der Waals surface area contributed by atoms with Crippen LogP contribution >= 0.6 is 0 Å². The maximum absolute atomic E-state index is 12.6. The Kier molecular flexibility index (Phi) is 5.59. The number of carbonyl (C=O) groups is 2. The van der Waals surface area contributed by atoms with Gasteiger partial charge >= 0.3 is 5.97 Å². The highest BCUT2D eigenvalue weighted by molar-refractivity contribution is 6.02. The Balaban J connectivity index is 1.93. The van der Waals surface area contributed by atoms with E-state index in [1.807, 2.05) is 0 Å². The van der Waals surface area contributed by atoms with Crippen molar-refractivity contribution < 1.29 is 19.4 Å². The van der Waals surface area contributed by atoms with Crippen molar-refractivity contribution in [1.82, 2.24) is 20.1 Å². The van der Waals surface area contributed by atoms with Crippen LogP contribution in [0.25, 0.3) is 11.0 Å². The van der Waals surface area contributed by atoms with Crippen molar-refractivity contribution in [2.75, 3.05) is 6.54 Å². The van der Waals surface area contributed by atoms with Gasteiger partial charge in [-0.1, -0.05) is 12.8 Å². The van der Waals surface area contributed by atoms with Gasteiger partial charge in [-0.05, 0) is 39.7 Å². The Hall–Kier alpha value is -2.97. The number of aryl methyl sites for hydroxylation is 1. The van der Waals surface area contributed by atoms with Crippen molar-refractivity contribution in [2.45, 2.75) is 58.0 Å². The molecule has 0 spiro atoms. The number of amides is 1. The number of hydrogen-bond acceptors (Lipinski definition) is 7. The molecule has 0 radical (unpaired) electrons. The standard InChI is InChI=1S/C20H26N4O5/c1-20(2,3)29-14(25)10-21-18(27)15-16(26)12-9-13(11-7-5-6-8-11)22-23-17(12)24(4)19(15)28/h9,11,26H,5-8,10H2,1-4H3,(H,21,27). The van der Waals surface area contributed by atoms with E-state index in [9.17, 15) is 19.5 Å². The van der Waals surface area contributed by atoms with Gasteiger partial charge in [0.15, 0.2) is 5.65 Å². The van der Waals surface area contributed by atoms with Crippen LogP contribution in [-0.2, 0) is 16.6 Å². The van der Waals surface area contributed by atoms with E-state index >= 15 is 0 Å². The van der Waals surface area contributed by atoms with Crippen molar-refractivity contribution in [3.63, 3.8) is 0 Å². The van der Waals surface area contributed by atoms with E-state index in [0.717, 1.165) is 31.4 Å². The summed E-state index contributed by atoms with van der Waals surface area (Å²) in [6, 6.07) is 1.69. The molecule has 9 heteroatoms. The van der Waals surface area contributed by atoms with Gasteiger partial charge < -0.3 is 15.2 Å². The first-order valence-electron chi connectivity index (χ1n) is 9.68. The van der Waals surface area contributed by atoms with Crippen molar-refractivity contribution in [3.05, 3.63) is 27.7 Å². The van der Waals surface area contributed by atoms with Crippen molar-refractivity contribution in [2.24, 2.45) is 7.05 Å². The molecular formula is C20H26N4O5. The number of carbonyl (C=O) groups excluding carboxylic acids is 2. The minimum Gasteiger partial charge on any atom is -0.506 e. The summed E-state index contributed by atoms with van der Waals surface area (Å²) in [5.74, 6) is -1.70. The zero-order chi connectivity index (χ0) is 21.3. The van der Waals surface area contributed by atoms with E-state index in [1.54, 1.807) is 26.8 Å². The highest BCUT2D eigenvalue weighted by Gasteiger charge is 2.25. The van der Waals surface area contributed by atoms with E-state index in [2.05, 4.69) is 15.5 Å². The smallest absolute Gasteiger partial charge is 0.325 e. The maximum atomic E-state index is 12.6. The number of aromatic nitrogens is 3. The predicted molar refractivity (Wildman–Crippen MR) is 106 cm³/mol. The molecule has 2 aromatic rings. The number of ether oxygens (including phenoxy) is 1. The average Bonchev–Trinajstić information content (AvgIpc) is 3.17. The van der Waals surface area contributed by atoms with Crippen LogP contribution in [0.4, 0.5) is 0 Å². The number of nitrogens with zero attached hydrogens (tertiary/aromatic N) is 3. The lowest BCUT2D eigenvalue weighted by atomic mass is 10.0. The Morgan fingerprint density at radius 3 is 2.55 bits per heavy atom. The van der Waals surface area contributed by atoms with Gasteiger partial charge in [0, 0.05) is 13.0 Å². The monoisotopic (exact) mass is 402 g/mol. The number of pyridine rings is 1. The van der Waals surface area contributed by atoms with E-state index < -0.39 is 40.9 Å². The van der Waals surface area contributed by atoms with Crippen LogP contribution in [0.1, 0.15) is 68.4 Å². The van der Waals surface area contributed by atoms with Gasteiger partial charge in [0.25, 0.3) is 11.5 Å². The maximum Gasteiger partial charge on any atom is 0.325 e. The van der Waals surface area contributed by atoms with E-state index in [0.29, 0.717) is 0 Å². The number of nitrogens with one attached hydrogen (secondary N) is 1. The van der Waals surface area contributed by atoms with Crippen LogP contribution < -0.4 is 10.9 Å². The fourth-order valence-corrected chi connectivity index (χ4v) is 3.57. The van der Waals surface area contributed by atoms with Crippen LogP contribution in [0.3, 0.4) is 0 Å². The van der Waals surface area contributed by atoms with Crippen LogP contribution in [-0.4, -0.2) is 43.9 Å². The van der Waals surface area contributed by atoms with Crippen LogP contribution in [0, 0.1) is 0 Å². The molecule has 1 amide bonds. The third-order valence-corrected chi connectivity index (χ3v) is 4.94. The summed E-state index contributed by atoms with van der Waals surface area (Å²) in [6.45, 7) is 4.71. The molecule has 9 nitrogen and oxygen atoms in total. The molecule has 1 fully saturated rings. The second kappa shape index (κ2) is 7.81. The van der Waals surface area contributed by atoms with Crippen LogP contribution in [0.2, 0.25) is 0 Å². The fourth-order valence-electron chi connectivity index (χ4n) is 3.57. The minimum absolute atomic E-state index is 0.193. The SMILES string of the molecule is Cn1c(=O)c(C(=O)NCC(=O)OC(C)(C)C)c(O)c2cc(C3CCCC3)nnc21. The summed E-state index contributed by atoms with van der Waals surface area (Å²) in [6.07, 6.45) is 4.22. The molecular weight excluding hydrogens is 376 g/mol. The molecule has 2 N–H and O–H groups in total. The summed E-state index contributed by atoms with van der Waals surface area (Å²) in [5.41, 5.74) is -0.922. The Morgan fingerprint density at radius 2 is 1.93 bits per heavy atom. The predicted octanol–water partition coefficient (Wildman–Crippen LogP) is 1.76. The van der Waals surface area contributed by atoms with E-state index in [-0.39, 0.29) is 17.0 Å². The lowest BCUT2D eigenvalue weighted by Gasteiger charge is -2.19. The Labute approximate surface area is 168 Å². The van der Waals surface area contributed by atoms with Gasteiger partial charge in [-0.2, -0.15) is 5.10 Å². The normalized spacial score (nSPS) is 14.9. The highest BCUT2D eigenvalue weighted by atomic mass is 16.6. The number of aromatic hydroxyl groups is 1. The first-order chi connectivity index (χ1) is 13.6. The zero-order valence-electron chi connectivity index (χ0n) is 17.1. The van der Waals surface area contributed by atoms with Crippen molar-refractivity contribution in [3.8, 4) is 5.75 Å². The Morgan fingerprint density at radius 1 is 1.28 bits per heavy atom. The molecule has 156 valence electrons. The number of rotatable bonds is 4. The van der Waals surface area contributed by atoms with Crippen molar-refractivity contribution >= 4 is 22.9 Å². The molecule has 0 atom stereocenters. The summed E-state index contributed by atoms with van der Waals surface area (Å²) < 4.78 is 6.30. The zero-order valence-corrected chi connectivity index (χ0v) is 17.1. The number of esters is 1. The molecule has 1 aliphatic rings. The average molecular weight is 402 g/mol. The molecule has 0 saturated heterocycles. The van der Waals surface area contributed by atoms with Gasteiger partial charge in [-0.15, -0.1) is 5.10 Å². The van der Waals surface area contributed by atoms with Gasteiger partial charge in [0.05, 0.1) is 11.1 Å². The minimum atomic E-state index is -0.852. The first kappa shape index (κ1) is 20.8. The molecule has 2 aromatic heterocycles. The first-order valence-corrected chi connectivity index (χ1v) is 9.68. The molecule has 1 aliphatic carbocycles. The van der Waals surface area contributed by atoms with Gasteiger partial charge in [0.2, 0.25) is 0 Å². The summed E-state index contributed by atoms with van der Waals surface area (Å²) >= 11 is 0. The largest absolute Gasteiger partial charge is 0.506 e. The fraction of sp³-hybridized carbons (Fsp3) is 0.550. The molecule has 0 aliphatic heterocycles. The molecule has 29 heavy (non-hydrogen) atoms. The lowest BCUT2D eigenvalue weighted by molar-refractivity contribution is -0.153. The molecule has 1 saturated carbocycles. The molecule has 0 unspecified atom stereocenters. The summed E-state index contributed by atoms with van der Waals surface area (Å²) in [4.78, 5) is 37.0. The molecule has 0 aromatic carbocycles. The van der Waals surface area contributed by atoms with Crippen LogP contribution in [0.15, 0.2) is 10.9 Å². The van der Waals surface area contributed by atoms with E-state index in [1.165, 1.54) is 11.6 Å². The van der Waals surface area contributed by atoms with Gasteiger partial charge in [0.1, 0.15) is 23.5 Å². The van der Waals surface area contributed by atoms with Crippen molar-refractivity contribution in [1.29, 1.82) is 0 Å². The van der Waals surface area contributed by atoms with Gasteiger partial charge in [-0.3, -0.25) is 19.0 Å². The molecule has 3 rings (SSSR count). The second-order valence-corrected chi connectivity index (χ2v) is 8.34. The van der Waals surface area contributed by atoms with Crippen LogP contribution in [0.5, 0.6) is 5.75 Å². The third-order valence-electron chi connectivity index (χ3n) is 4.94. The Bertz CT molecular complexity index is 1020.